The van der Waals surface area contributed by atoms with Crippen molar-refractivity contribution in [3.05, 3.63) is 0 Å². The molecule has 1 saturated carbocycles. The molecule has 4 nitrogen and oxygen atoms in total. The Labute approximate surface area is 90.0 Å². The first-order chi connectivity index (χ1) is 7.09. The van der Waals surface area contributed by atoms with E-state index in [9.17, 15) is 9.59 Å². The minimum atomic E-state index is -0.869. The molecule has 4 heteroatoms. The second kappa shape index (κ2) is 5.73. The molecule has 0 radical (unpaired) electrons. The smallest absolute Gasteiger partial charge is 0.305 e. The Morgan fingerprint density at radius 2 is 1.93 bits per heavy atom. The summed E-state index contributed by atoms with van der Waals surface area (Å²) < 4.78 is 0. The second-order valence-electron chi connectivity index (χ2n) is 4.34. The molecule has 0 saturated heterocycles. The summed E-state index contributed by atoms with van der Waals surface area (Å²) in [6.07, 6.45) is 5.35. The van der Waals surface area contributed by atoms with Gasteiger partial charge in [0.2, 0.25) is 5.91 Å². The number of carboxylic acids is 1. The van der Waals surface area contributed by atoms with Crippen molar-refractivity contribution in [3.8, 4) is 0 Å². The predicted octanol–water partition coefficient (Wildman–Crippen LogP) is 1.55. The van der Waals surface area contributed by atoms with Gasteiger partial charge in [-0.2, -0.15) is 0 Å². The number of carbonyl (C=O) groups is 2. The van der Waals surface area contributed by atoms with E-state index in [2.05, 4.69) is 5.32 Å². The lowest BCUT2D eigenvalue weighted by molar-refractivity contribution is -0.137. The molecule has 1 rings (SSSR count). The van der Waals surface area contributed by atoms with Gasteiger partial charge in [-0.25, -0.2) is 0 Å². The first-order valence-electron chi connectivity index (χ1n) is 5.61. The van der Waals surface area contributed by atoms with Gasteiger partial charge in [0, 0.05) is 12.0 Å². The maximum atomic E-state index is 11.7. The summed E-state index contributed by atoms with van der Waals surface area (Å²) in [6.45, 7) is 1.73. The second-order valence-corrected chi connectivity index (χ2v) is 4.34. The number of aliphatic carboxylic acids is 1. The maximum Gasteiger partial charge on any atom is 0.305 e. The van der Waals surface area contributed by atoms with Gasteiger partial charge in [0.05, 0.1) is 6.42 Å². The van der Waals surface area contributed by atoms with Gasteiger partial charge >= 0.3 is 5.97 Å². The fourth-order valence-electron chi connectivity index (χ4n) is 2.04. The molecule has 1 fully saturated rings. The molecule has 0 aliphatic heterocycles. The lowest BCUT2D eigenvalue weighted by Crippen LogP contribution is -2.39. The lowest BCUT2D eigenvalue weighted by Gasteiger charge is -2.22. The van der Waals surface area contributed by atoms with Gasteiger partial charge in [-0.1, -0.05) is 19.3 Å². The van der Waals surface area contributed by atoms with Gasteiger partial charge in [0.15, 0.2) is 0 Å². The summed E-state index contributed by atoms with van der Waals surface area (Å²) in [5, 5.41) is 11.3. The zero-order valence-corrected chi connectivity index (χ0v) is 9.16. The maximum absolute atomic E-state index is 11.7. The third-order valence-electron chi connectivity index (χ3n) is 2.85. The van der Waals surface area contributed by atoms with Crippen molar-refractivity contribution in [3.63, 3.8) is 0 Å². The molecule has 0 aromatic rings. The van der Waals surface area contributed by atoms with Crippen LogP contribution in [-0.4, -0.2) is 23.0 Å². The van der Waals surface area contributed by atoms with Gasteiger partial charge in [-0.05, 0) is 19.8 Å². The zero-order valence-electron chi connectivity index (χ0n) is 9.16. The van der Waals surface area contributed by atoms with Crippen LogP contribution < -0.4 is 5.32 Å². The predicted molar refractivity (Wildman–Crippen MR) is 56.4 cm³/mol. The van der Waals surface area contributed by atoms with Crippen LogP contribution in [0.5, 0.6) is 0 Å². The Hall–Kier alpha value is -1.06. The van der Waals surface area contributed by atoms with Crippen LogP contribution in [0, 0.1) is 5.92 Å². The molecule has 1 aliphatic rings. The van der Waals surface area contributed by atoms with E-state index in [4.69, 9.17) is 5.11 Å². The van der Waals surface area contributed by atoms with E-state index in [0.717, 1.165) is 25.7 Å². The third-order valence-corrected chi connectivity index (χ3v) is 2.85. The molecular formula is C11H19NO3. The van der Waals surface area contributed by atoms with Crippen LogP contribution in [0.25, 0.3) is 0 Å². The Bertz CT molecular complexity index is 234. The van der Waals surface area contributed by atoms with Crippen molar-refractivity contribution >= 4 is 11.9 Å². The largest absolute Gasteiger partial charge is 0.481 e. The minimum Gasteiger partial charge on any atom is -0.481 e. The summed E-state index contributed by atoms with van der Waals surface area (Å²) in [7, 11) is 0. The quantitative estimate of drug-likeness (QED) is 0.744. The number of hydrogen-bond donors (Lipinski definition) is 2. The van der Waals surface area contributed by atoms with Crippen molar-refractivity contribution in [2.24, 2.45) is 5.92 Å². The minimum absolute atomic E-state index is 0.00153. The fourth-order valence-corrected chi connectivity index (χ4v) is 2.04. The van der Waals surface area contributed by atoms with Crippen LogP contribution >= 0.6 is 0 Å². The Balaban J connectivity index is 2.30. The standard InChI is InChI=1S/C11H19NO3/c1-8(7-10(13)14)12-11(15)9-5-3-2-4-6-9/h8-9H,2-7H2,1H3,(H,12,15)(H,13,14)/t8-/m1/s1. The highest BCUT2D eigenvalue weighted by atomic mass is 16.4. The molecule has 86 valence electrons. The molecule has 0 heterocycles. The molecule has 0 spiro atoms. The summed E-state index contributed by atoms with van der Waals surface area (Å²) >= 11 is 0. The van der Waals surface area contributed by atoms with Crippen molar-refractivity contribution in [2.45, 2.75) is 51.5 Å². The molecule has 0 aromatic heterocycles. The average molecular weight is 213 g/mol. The number of carbonyl (C=O) groups excluding carboxylic acids is 1. The van der Waals surface area contributed by atoms with Crippen molar-refractivity contribution in [1.29, 1.82) is 0 Å². The topological polar surface area (TPSA) is 66.4 Å². The van der Waals surface area contributed by atoms with Gasteiger partial charge in [0.1, 0.15) is 0 Å². The first-order valence-corrected chi connectivity index (χ1v) is 5.61. The molecule has 0 aromatic carbocycles. The highest BCUT2D eigenvalue weighted by Crippen LogP contribution is 2.23. The van der Waals surface area contributed by atoms with Crippen LogP contribution in [0.1, 0.15) is 45.4 Å². The van der Waals surface area contributed by atoms with Gasteiger partial charge < -0.3 is 10.4 Å². The summed E-state index contributed by atoms with van der Waals surface area (Å²) in [6, 6.07) is -0.267. The van der Waals surface area contributed by atoms with Gasteiger partial charge in [-0.15, -0.1) is 0 Å². The third kappa shape index (κ3) is 4.32. The fraction of sp³-hybridized carbons (Fsp3) is 0.818. The average Bonchev–Trinajstić information content (AvgIpc) is 2.17. The van der Waals surface area contributed by atoms with Gasteiger partial charge in [0.25, 0.3) is 0 Å². The number of amides is 1. The Morgan fingerprint density at radius 1 is 1.33 bits per heavy atom. The van der Waals surface area contributed by atoms with E-state index in [1.165, 1.54) is 6.42 Å². The monoisotopic (exact) mass is 213 g/mol. The van der Waals surface area contributed by atoms with Crippen LogP contribution in [0.15, 0.2) is 0 Å². The molecular weight excluding hydrogens is 194 g/mol. The highest BCUT2D eigenvalue weighted by molar-refractivity contribution is 5.79. The number of hydrogen-bond acceptors (Lipinski definition) is 2. The van der Waals surface area contributed by atoms with Crippen molar-refractivity contribution in [1.82, 2.24) is 5.32 Å². The summed E-state index contributed by atoms with van der Waals surface area (Å²) in [5.74, 6) is -0.732. The molecule has 1 atom stereocenters. The Morgan fingerprint density at radius 3 is 2.47 bits per heavy atom. The summed E-state index contributed by atoms with van der Waals surface area (Å²) in [5.41, 5.74) is 0. The van der Waals surface area contributed by atoms with E-state index < -0.39 is 5.97 Å². The van der Waals surface area contributed by atoms with Crippen LogP contribution in [0.2, 0.25) is 0 Å². The molecule has 1 aliphatic carbocycles. The van der Waals surface area contributed by atoms with E-state index in [1.54, 1.807) is 6.92 Å². The molecule has 15 heavy (non-hydrogen) atoms. The van der Waals surface area contributed by atoms with Crippen molar-refractivity contribution in [2.75, 3.05) is 0 Å². The number of rotatable bonds is 4. The SMILES string of the molecule is C[C@H](CC(=O)O)NC(=O)C1CCCCC1. The van der Waals surface area contributed by atoms with E-state index in [0.29, 0.717) is 0 Å². The Kier molecular flexibility index (Phi) is 4.59. The molecule has 0 bridgehead atoms. The van der Waals surface area contributed by atoms with Gasteiger partial charge in [-0.3, -0.25) is 9.59 Å². The summed E-state index contributed by atoms with van der Waals surface area (Å²) in [4.78, 5) is 22.1. The molecule has 0 unspecified atom stereocenters. The first kappa shape index (κ1) is 12.0. The van der Waals surface area contributed by atoms with E-state index >= 15 is 0 Å². The van der Waals surface area contributed by atoms with Crippen molar-refractivity contribution < 1.29 is 14.7 Å². The number of carboxylic acid groups (broad SMARTS) is 1. The van der Waals surface area contributed by atoms with Crippen LogP contribution in [0.4, 0.5) is 0 Å². The zero-order chi connectivity index (χ0) is 11.3. The molecule has 2 N–H and O–H groups in total. The highest BCUT2D eigenvalue weighted by Gasteiger charge is 2.22. The normalized spacial score (nSPS) is 19.5. The van der Waals surface area contributed by atoms with Crippen LogP contribution in [0.3, 0.4) is 0 Å². The number of nitrogens with one attached hydrogen (secondary N) is 1. The van der Waals surface area contributed by atoms with E-state index in [1.807, 2.05) is 0 Å². The van der Waals surface area contributed by atoms with E-state index in [-0.39, 0.29) is 24.3 Å². The van der Waals surface area contributed by atoms with Crippen LogP contribution in [-0.2, 0) is 9.59 Å². The molecule has 1 amide bonds. The lowest BCUT2D eigenvalue weighted by atomic mass is 9.88.